The number of ether oxygens (including phenoxy) is 1. The molecule has 0 aliphatic rings. The van der Waals surface area contributed by atoms with Crippen LogP contribution in [0, 0.1) is 0 Å². The summed E-state index contributed by atoms with van der Waals surface area (Å²) in [7, 11) is -6.09. The summed E-state index contributed by atoms with van der Waals surface area (Å²) in [4.78, 5) is 0.107. The number of nitrogens with zero attached hydrogens (tertiary/aromatic N) is 4. The summed E-state index contributed by atoms with van der Waals surface area (Å²) in [6.07, 6.45) is 0. The molecule has 0 radical (unpaired) electrons. The molecule has 4 rings (SSSR count). The molecule has 238 valence electrons. The zero-order chi connectivity index (χ0) is 32.8. The number of hydrogen-bond donors (Lipinski definition) is 6. The summed E-state index contributed by atoms with van der Waals surface area (Å²) in [5.74, 6) is -0.712. The van der Waals surface area contributed by atoms with Gasteiger partial charge in [-0.1, -0.05) is 6.07 Å². The van der Waals surface area contributed by atoms with Crippen LogP contribution in [0.15, 0.2) is 95.8 Å². The van der Waals surface area contributed by atoms with Crippen LogP contribution in [0.4, 0.5) is 28.4 Å². The Morgan fingerprint density at radius 1 is 0.800 bits per heavy atom. The molecule has 13 nitrogen and oxygen atoms in total. The van der Waals surface area contributed by atoms with Gasteiger partial charge < -0.3 is 25.4 Å². The Morgan fingerprint density at radius 3 is 2.11 bits per heavy atom. The van der Waals surface area contributed by atoms with E-state index >= 15 is 0 Å². The minimum absolute atomic E-state index is 0.00991. The number of nitrogens with one attached hydrogen (secondary N) is 1. The fourth-order valence-corrected chi connectivity index (χ4v) is 6.77. The molecule has 0 heterocycles. The van der Waals surface area contributed by atoms with Crippen LogP contribution in [0.25, 0.3) is 10.8 Å². The number of azo groups is 2. The van der Waals surface area contributed by atoms with E-state index in [0.29, 0.717) is 16.5 Å². The molecule has 0 bridgehead atoms. The van der Waals surface area contributed by atoms with Crippen molar-refractivity contribution in [1.29, 1.82) is 0 Å². The van der Waals surface area contributed by atoms with Crippen LogP contribution in [-0.2, 0) is 19.7 Å². The SMILES string of the molecule is COc1ccc(S(=O)(=O)CCO)cc1N=Nc1c(NCS)ccc2c(O)c(N=Nc3cccc(S(=O)(=O)CCO)c3)c(S)cc12. The second-order valence-corrected chi connectivity index (χ2v) is 14.3. The van der Waals surface area contributed by atoms with Crippen molar-refractivity contribution in [3.05, 3.63) is 60.7 Å². The molecule has 0 saturated heterocycles. The van der Waals surface area contributed by atoms with Crippen molar-refractivity contribution in [3.63, 3.8) is 0 Å². The quantitative estimate of drug-likeness (QED) is 0.0595. The number of methoxy groups -OCH3 is 1. The Morgan fingerprint density at radius 2 is 1.47 bits per heavy atom. The highest BCUT2D eigenvalue weighted by molar-refractivity contribution is 7.91. The zero-order valence-electron chi connectivity index (χ0n) is 23.7. The molecule has 0 saturated carbocycles. The van der Waals surface area contributed by atoms with Crippen molar-refractivity contribution in [1.82, 2.24) is 0 Å². The number of aliphatic hydroxyl groups is 2. The van der Waals surface area contributed by atoms with Crippen molar-refractivity contribution in [2.24, 2.45) is 20.5 Å². The van der Waals surface area contributed by atoms with Gasteiger partial charge in [0.05, 0.1) is 58.9 Å². The normalized spacial score (nSPS) is 12.4. The molecular weight excluding hydrogens is 663 g/mol. The average Bonchev–Trinajstić information content (AvgIpc) is 3.00. The number of anilines is 1. The Bertz CT molecular complexity index is 2000. The predicted molar refractivity (Wildman–Crippen MR) is 176 cm³/mol. The van der Waals surface area contributed by atoms with Crippen LogP contribution in [-0.4, -0.2) is 69.9 Å². The van der Waals surface area contributed by atoms with Gasteiger partial charge >= 0.3 is 0 Å². The molecule has 4 N–H and O–H groups in total. The van der Waals surface area contributed by atoms with Gasteiger partial charge in [0.15, 0.2) is 25.4 Å². The summed E-state index contributed by atoms with van der Waals surface area (Å²) in [5, 5.41) is 50.1. The smallest absolute Gasteiger partial charge is 0.180 e. The standard InChI is InChI=1S/C28H29N5O8S4/c1-41-24-8-5-19(45(39,40)12-10-35)14-23(24)31-32-26-21-15-25(43)27(28(36)20(21)6-7-22(26)29-16-42)33-30-17-3-2-4-18(13-17)44(37,38)11-9-34/h2-8,13-15,29,34-36,42-43H,9-12,16H2,1H3. The molecule has 0 aromatic heterocycles. The van der Waals surface area contributed by atoms with E-state index in [2.05, 4.69) is 51.0 Å². The zero-order valence-corrected chi connectivity index (χ0v) is 27.1. The van der Waals surface area contributed by atoms with E-state index < -0.39 is 44.4 Å². The number of sulfone groups is 2. The molecule has 4 aromatic carbocycles. The van der Waals surface area contributed by atoms with E-state index in [1.54, 1.807) is 18.2 Å². The first kappa shape index (κ1) is 34.1. The van der Waals surface area contributed by atoms with Crippen molar-refractivity contribution in [2.45, 2.75) is 14.7 Å². The van der Waals surface area contributed by atoms with E-state index in [1.807, 2.05) is 0 Å². The third-order valence-corrected chi connectivity index (χ3v) is 10.3. The lowest BCUT2D eigenvalue weighted by Gasteiger charge is -2.13. The number of hydrogen-bond acceptors (Lipinski definition) is 15. The Labute approximate surface area is 270 Å². The summed E-state index contributed by atoms with van der Waals surface area (Å²) in [6.45, 7) is -1.07. The second-order valence-electron chi connectivity index (χ2n) is 9.30. The molecule has 4 aromatic rings. The van der Waals surface area contributed by atoms with Crippen molar-refractivity contribution < 1.29 is 36.9 Å². The lowest BCUT2D eigenvalue weighted by Crippen LogP contribution is -2.09. The maximum absolute atomic E-state index is 12.5. The summed E-state index contributed by atoms with van der Waals surface area (Å²) < 4.78 is 55.1. The highest BCUT2D eigenvalue weighted by atomic mass is 32.2. The lowest BCUT2D eigenvalue weighted by atomic mass is 10.1. The molecule has 0 aliphatic carbocycles. The van der Waals surface area contributed by atoms with Gasteiger partial charge in [-0.3, -0.25) is 0 Å². The molecular formula is C28H29N5O8S4. The summed E-state index contributed by atoms with van der Waals surface area (Å²) >= 11 is 8.73. The number of benzene rings is 4. The van der Waals surface area contributed by atoms with Crippen molar-refractivity contribution >= 4 is 84.1 Å². The van der Waals surface area contributed by atoms with Crippen LogP contribution in [0.3, 0.4) is 0 Å². The molecule has 0 unspecified atom stereocenters. The van der Waals surface area contributed by atoms with Crippen LogP contribution in [0.1, 0.15) is 0 Å². The first-order valence-electron chi connectivity index (χ1n) is 13.1. The number of phenolic OH excluding ortho intramolecular Hbond substituents is 1. The van der Waals surface area contributed by atoms with Gasteiger partial charge in [-0.25, -0.2) is 16.8 Å². The largest absolute Gasteiger partial charge is 0.505 e. The maximum Gasteiger partial charge on any atom is 0.180 e. The van der Waals surface area contributed by atoms with Gasteiger partial charge in [-0.05, 0) is 54.6 Å². The topological polar surface area (TPSA) is 200 Å². The molecule has 0 fully saturated rings. The summed E-state index contributed by atoms with van der Waals surface area (Å²) in [6, 6.07) is 14.6. The highest BCUT2D eigenvalue weighted by Crippen LogP contribution is 2.46. The van der Waals surface area contributed by atoms with Gasteiger partial charge in [-0.15, -0.1) is 28.0 Å². The van der Waals surface area contributed by atoms with E-state index in [-0.39, 0.29) is 54.8 Å². The Kier molecular flexibility index (Phi) is 11.1. The van der Waals surface area contributed by atoms with Crippen LogP contribution in [0.2, 0.25) is 0 Å². The molecule has 0 aliphatic heterocycles. The Balaban J connectivity index is 1.81. The lowest BCUT2D eigenvalue weighted by molar-refractivity contribution is 0.319. The number of rotatable bonds is 13. The fourth-order valence-electron chi connectivity index (χ4n) is 4.22. The number of phenols is 1. The number of aliphatic hydroxyl groups excluding tert-OH is 2. The van der Waals surface area contributed by atoms with Gasteiger partial charge in [0.1, 0.15) is 22.8 Å². The van der Waals surface area contributed by atoms with E-state index in [9.17, 15) is 21.9 Å². The van der Waals surface area contributed by atoms with Gasteiger partial charge in [0, 0.05) is 15.7 Å². The maximum atomic E-state index is 12.5. The van der Waals surface area contributed by atoms with Gasteiger partial charge in [0.25, 0.3) is 0 Å². The Hall–Kier alpha value is -3.74. The highest BCUT2D eigenvalue weighted by Gasteiger charge is 2.19. The van der Waals surface area contributed by atoms with Crippen LogP contribution >= 0.6 is 25.3 Å². The fraction of sp³-hybridized carbons (Fsp3) is 0.214. The third-order valence-electron chi connectivity index (χ3n) is 6.42. The van der Waals surface area contributed by atoms with Gasteiger partial charge in [0.2, 0.25) is 0 Å². The number of fused-ring (bicyclic) bond motifs is 1. The van der Waals surface area contributed by atoms with Crippen LogP contribution in [0.5, 0.6) is 11.5 Å². The second kappa shape index (κ2) is 14.6. The number of thiol groups is 2. The molecule has 17 heteroatoms. The van der Waals surface area contributed by atoms with Crippen LogP contribution < -0.4 is 10.1 Å². The minimum Gasteiger partial charge on any atom is -0.505 e. The monoisotopic (exact) mass is 691 g/mol. The van der Waals surface area contributed by atoms with E-state index in [0.717, 1.165) is 0 Å². The predicted octanol–water partition coefficient (Wildman–Crippen LogP) is 5.50. The van der Waals surface area contributed by atoms with Crippen molar-refractivity contribution in [2.75, 3.05) is 43.0 Å². The van der Waals surface area contributed by atoms with E-state index in [4.69, 9.17) is 14.9 Å². The first-order valence-corrected chi connectivity index (χ1v) is 17.5. The molecule has 0 atom stereocenters. The number of aromatic hydroxyl groups is 1. The minimum atomic E-state index is -3.78. The molecule has 0 spiro atoms. The van der Waals surface area contributed by atoms with Gasteiger partial charge in [-0.2, -0.15) is 17.7 Å². The molecule has 0 amide bonds. The first-order chi connectivity index (χ1) is 21.4. The summed E-state index contributed by atoms with van der Waals surface area (Å²) in [5.41, 5.74) is 1.07. The average molecular weight is 692 g/mol. The molecule has 45 heavy (non-hydrogen) atoms. The van der Waals surface area contributed by atoms with Crippen molar-refractivity contribution in [3.8, 4) is 11.5 Å². The van der Waals surface area contributed by atoms with E-state index in [1.165, 1.54) is 49.6 Å². The third kappa shape index (κ3) is 7.74.